The van der Waals surface area contributed by atoms with Crippen LogP contribution in [-0.4, -0.2) is 24.1 Å². The van der Waals surface area contributed by atoms with Crippen LogP contribution in [0, 0.1) is 0 Å². The van der Waals surface area contributed by atoms with E-state index in [0.717, 1.165) is 16.7 Å². The number of rotatable bonds is 6. The number of anilines is 1. The number of amides is 1. The number of aromatic carboxylic acids is 1. The summed E-state index contributed by atoms with van der Waals surface area (Å²) in [6.07, 6.45) is 3.01. The summed E-state index contributed by atoms with van der Waals surface area (Å²) in [4.78, 5) is 23.4. The van der Waals surface area contributed by atoms with Gasteiger partial charge in [0.25, 0.3) is 0 Å². The zero-order chi connectivity index (χ0) is 19.9. The first-order valence-electron chi connectivity index (χ1n) is 8.63. The van der Waals surface area contributed by atoms with Crippen molar-refractivity contribution in [2.75, 3.05) is 12.4 Å². The molecule has 5 heteroatoms. The van der Waals surface area contributed by atoms with Gasteiger partial charge in [-0.25, -0.2) is 4.79 Å². The molecule has 0 atom stereocenters. The first-order chi connectivity index (χ1) is 13.6. The van der Waals surface area contributed by atoms with Gasteiger partial charge in [-0.3, -0.25) is 4.79 Å². The summed E-state index contributed by atoms with van der Waals surface area (Å²) in [5, 5.41) is 11.8. The maximum absolute atomic E-state index is 12.2. The normalized spacial score (nSPS) is 10.6. The van der Waals surface area contributed by atoms with E-state index >= 15 is 0 Å². The average Bonchev–Trinajstić information content (AvgIpc) is 2.73. The fourth-order valence-electron chi connectivity index (χ4n) is 2.79. The third-order valence-corrected chi connectivity index (χ3v) is 4.15. The van der Waals surface area contributed by atoms with Crippen LogP contribution < -0.4 is 10.1 Å². The molecule has 3 rings (SSSR count). The highest BCUT2D eigenvalue weighted by atomic mass is 16.5. The molecule has 0 saturated carbocycles. The number of carboxylic acid groups (broad SMARTS) is 1. The molecule has 0 radical (unpaired) electrons. The summed E-state index contributed by atoms with van der Waals surface area (Å²) in [6, 6.07) is 21.8. The molecule has 140 valence electrons. The van der Waals surface area contributed by atoms with Gasteiger partial charge in [0, 0.05) is 11.6 Å². The first kappa shape index (κ1) is 18.9. The lowest BCUT2D eigenvalue weighted by Crippen LogP contribution is -2.11. The maximum atomic E-state index is 12.2. The van der Waals surface area contributed by atoms with Crippen LogP contribution in [0.2, 0.25) is 0 Å². The predicted octanol–water partition coefficient (Wildman–Crippen LogP) is 4.71. The summed E-state index contributed by atoms with van der Waals surface area (Å²) in [5.74, 6) is -0.814. The summed E-state index contributed by atoms with van der Waals surface area (Å²) in [7, 11) is 1.60. The molecule has 2 N–H and O–H groups in total. The second kappa shape index (κ2) is 8.68. The van der Waals surface area contributed by atoms with Crippen molar-refractivity contribution in [3.63, 3.8) is 0 Å². The third kappa shape index (κ3) is 4.45. The predicted molar refractivity (Wildman–Crippen MR) is 109 cm³/mol. The van der Waals surface area contributed by atoms with Gasteiger partial charge in [-0.05, 0) is 35.4 Å². The average molecular weight is 373 g/mol. The van der Waals surface area contributed by atoms with Gasteiger partial charge in [0.15, 0.2) is 0 Å². The standard InChI is InChI=1S/C23H19NO4/c1-28-21-15-16(11-13-18(21)17-7-3-2-4-8-17)12-14-22(25)24-20-10-6-5-9-19(20)23(26)27/h2-15H,1H3,(H,24,25)(H,26,27)/b14-12+. The first-order valence-corrected chi connectivity index (χ1v) is 8.63. The molecule has 0 saturated heterocycles. The highest BCUT2D eigenvalue weighted by molar-refractivity contribution is 6.06. The quantitative estimate of drug-likeness (QED) is 0.614. The van der Waals surface area contributed by atoms with E-state index in [-0.39, 0.29) is 11.3 Å². The number of benzene rings is 3. The molecule has 0 aromatic heterocycles. The Hall–Kier alpha value is -3.86. The van der Waals surface area contributed by atoms with Crippen LogP contribution in [0.5, 0.6) is 5.75 Å². The van der Waals surface area contributed by atoms with Crippen molar-refractivity contribution < 1.29 is 19.4 Å². The molecule has 0 fully saturated rings. The second-order valence-electron chi connectivity index (χ2n) is 6.00. The van der Waals surface area contributed by atoms with Crippen molar-refractivity contribution in [1.82, 2.24) is 0 Å². The Morgan fingerprint density at radius 1 is 0.964 bits per heavy atom. The maximum Gasteiger partial charge on any atom is 0.337 e. The molecule has 0 bridgehead atoms. The lowest BCUT2D eigenvalue weighted by atomic mass is 10.0. The van der Waals surface area contributed by atoms with Crippen LogP contribution in [0.1, 0.15) is 15.9 Å². The monoisotopic (exact) mass is 373 g/mol. The van der Waals surface area contributed by atoms with E-state index in [0.29, 0.717) is 5.75 Å². The third-order valence-electron chi connectivity index (χ3n) is 4.15. The van der Waals surface area contributed by atoms with Crippen LogP contribution in [0.25, 0.3) is 17.2 Å². The van der Waals surface area contributed by atoms with Crippen molar-refractivity contribution >= 4 is 23.6 Å². The Morgan fingerprint density at radius 3 is 2.39 bits per heavy atom. The van der Waals surface area contributed by atoms with Crippen molar-refractivity contribution in [3.05, 3.63) is 90.0 Å². The zero-order valence-corrected chi connectivity index (χ0v) is 15.3. The van der Waals surface area contributed by atoms with Gasteiger partial charge in [-0.15, -0.1) is 0 Å². The van der Waals surface area contributed by atoms with Gasteiger partial charge in [-0.2, -0.15) is 0 Å². The Balaban J connectivity index is 1.77. The lowest BCUT2D eigenvalue weighted by Gasteiger charge is -2.10. The van der Waals surface area contributed by atoms with Gasteiger partial charge >= 0.3 is 5.97 Å². The lowest BCUT2D eigenvalue weighted by molar-refractivity contribution is -0.111. The molecule has 3 aromatic rings. The number of nitrogens with one attached hydrogen (secondary N) is 1. The highest BCUT2D eigenvalue weighted by Gasteiger charge is 2.10. The molecule has 0 aliphatic carbocycles. The fourth-order valence-corrected chi connectivity index (χ4v) is 2.79. The minimum absolute atomic E-state index is 0.0399. The molecule has 0 spiro atoms. The van der Waals surface area contributed by atoms with E-state index in [9.17, 15) is 14.7 Å². The number of para-hydroxylation sites is 1. The highest BCUT2D eigenvalue weighted by Crippen LogP contribution is 2.31. The van der Waals surface area contributed by atoms with Crippen LogP contribution in [0.3, 0.4) is 0 Å². The number of hydrogen-bond donors (Lipinski definition) is 2. The fraction of sp³-hybridized carbons (Fsp3) is 0.0435. The van der Waals surface area contributed by atoms with Gasteiger partial charge in [0.1, 0.15) is 5.75 Å². The van der Waals surface area contributed by atoms with Crippen molar-refractivity contribution in [1.29, 1.82) is 0 Å². The molecule has 0 aliphatic heterocycles. The minimum atomic E-state index is -1.10. The minimum Gasteiger partial charge on any atom is -0.496 e. The second-order valence-corrected chi connectivity index (χ2v) is 6.00. The molecule has 0 aliphatic rings. The molecule has 3 aromatic carbocycles. The number of carbonyl (C=O) groups excluding carboxylic acids is 1. The van der Waals surface area contributed by atoms with Gasteiger partial charge < -0.3 is 15.2 Å². The van der Waals surface area contributed by atoms with E-state index in [1.807, 2.05) is 48.5 Å². The van der Waals surface area contributed by atoms with Gasteiger partial charge in [0.05, 0.1) is 18.4 Å². The van der Waals surface area contributed by atoms with Crippen LogP contribution in [0.4, 0.5) is 5.69 Å². The van der Waals surface area contributed by atoms with Crippen molar-refractivity contribution in [3.8, 4) is 16.9 Å². The van der Waals surface area contributed by atoms with Crippen LogP contribution in [-0.2, 0) is 4.79 Å². The Bertz CT molecular complexity index is 1030. The molecule has 28 heavy (non-hydrogen) atoms. The number of carboxylic acids is 1. The van der Waals surface area contributed by atoms with E-state index in [4.69, 9.17) is 4.74 Å². The van der Waals surface area contributed by atoms with Gasteiger partial charge in [0.2, 0.25) is 5.91 Å². The van der Waals surface area contributed by atoms with Crippen LogP contribution in [0.15, 0.2) is 78.9 Å². The van der Waals surface area contributed by atoms with Crippen LogP contribution >= 0.6 is 0 Å². The van der Waals surface area contributed by atoms with E-state index < -0.39 is 11.9 Å². The van der Waals surface area contributed by atoms with Gasteiger partial charge in [-0.1, -0.05) is 54.6 Å². The summed E-state index contributed by atoms with van der Waals surface area (Å²) >= 11 is 0. The zero-order valence-electron chi connectivity index (χ0n) is 15.3. The largest absolute Gasteiger partial charge is 0.496 e. The van der Waals surface area contributed by atoms with E-state index in [2.05, 4.69) is 5.32 Å². The molecule has 1 amide bonds. The van der Waals surface area contributed by atoms with Crippen molar-refractivity contribution in [2.45, 2.75) is 0 Å². The number of hydrogen-bond acceptors (Lipinski definition) is 3. The topological polar surface area (TPSA) is 75.6 Å². The summed E-state index contributed by atoms with van der Waals surface area (Å²) in [5.41, 5.74) is 3.08. The van der Waals surface area contributed by atoms with E-state index in [1.54, 1.807) is 31.4 Å². The Kier molecular flexibility index (Phi) is 5.87. The number of ether oxygens (including phenoxy) is 1. The molecule has 0 unspecified atom stereocenters. The molecular weight excluding hydrogens is 354 g/mol. The molecule has 5 nitrogen and oxygen atoms in total. The number of methoxy groups -OCH3 is 1. The van der Waals surface area contributed by atoms with E-state index in [1.165, 1.54) is 12.1 Å². The Labute approximate surface area is 162 Å². The number of carbonyl (C=O) groups is 2. The molecule has 0 heterocycles. The smallest absolute Gasteiger partial charge is 0.337 e. The molecular formula is C23H19NO4. The SMILES string of the molecule is COc1cc(/C=C/C(=O)Nc2ccccc2C(=O)O)ccc1-c1ccccc1. The summed E-state index contributed by atoms with van der Waals surface area (Å²) in [6.45, 7) is 0. The summed E-state index contributed by atoms with van der Waals surface area (Å²) < 4.78 is 5.49. The Morgan fingerprint density at radius 2 is 1.68 bits per heavy atom. The van der Waals surface area contributed by atoms with Crippen molar-refractivity contribution in [2.24, 2.45) is 0 Å².